The molecule has 0 aliphatic heterocycles. The molecule has 6 nitrogen and oxygen atoms in total. The zero-order valence-electron chi connectivity index (χ0n) is 10.2. The van der Waals surface area contributed by atoms with Crippen molar-refractivity contribution in [1.29, 1.82) is 0 Å². The minimum absolute atomic E-state index is 0.631. The van der Waals surface area contributed by atoms with Gasteiger partial charge in [0.05, 0.1) is 34.7 Å². The third-order valence-corrected chi connectivity index (χ3v) is 3.62. The fourth-order valence-electron chi connectivity index (χ4n) is 2.25. The fraction of sp³-hybridized carbons (Fsp3) is 0. The molecule has 0 aliphatic rings. The van der Waals surface area contributed by atoms with Crippen LogP contribution in [0, 0.1) is 0 Å². The number of imidazole rings is 1. The quantitative estimate of drug-likeness (QED) is 0.526. The van der Waals surface area contributed by atoms with Gasteiger partial charge >= 0.3 is 0 Å². The van der Waals surface area contributed by atoms with Crippen LogP contribution in [-0.4, -0.2) is 24.6 Å². The van der Waals surface area contributed by atoms with Gasteiger partial charge in [0.2, 0.25) is 0 Å². The molecule has 4 aromatic rings. The molecular formula is C13H9BrN6. The molecule has 20 heavy (non-hydrogen) atoms. The van der Waals surface area contributed by atoms with E-state index in [2.05, 4.69) is 36.0 Å². The molecular weight excluding hydrogens is 320 g/mol. The van der Waals surface area contributed by atoms with Crippen LogP contribution in [0.2, 0.25) is 0 Å². The van der Waals surface area contributed by atoms with E-state index in [1.54, 1.807) is 29.3 Å². The van der Waals surface area contributed by atoms with Gasteiger partial charge in [-0.05, 0) is 12.1 Å². The van der Waals surface area contributed by atoms with Crippen LogP contribution >= 0.6 is 15.9 Å². The highest BCUT2D eigenvalue weighted by molar-refractivity contribution is 9.10. The summed E-state index contributed by atoms with van der Waals surface area (Å²) in [6.45, 7) is 0. The van der Waals surface area contributed by atoms with Gasteiger partial charge in [-0.1, -0.05) is 15.9 Å². The Morgan fingerprint density at radius 3 is 3.05 bits per heavy atom. The number of halogens is 1. The molecule has 0 unspecified atom stereocenters. The Kier molecular flexibility index (Phi) is 2.31. The number of H-pyrrole nitrogens is 1. The summed E-state index contributed by atoms with van der Waals surface area (Å²) in [5.41, 5.74) is 10.0. The van der Waals surface area contributed by atoms with Gasteiger partial charge in [-0.25, -0.2) is 9.50 Å². The smallest absolute Gasteiger partial charge is 0.142 e. The summed E-state index contributed by atoms with van der Waals surface area (Å²) in [6.07, 6.45) is 7.01. The van der Waals surface area contributed by atoms with Crippen molar-refractivity contribution in [2.45, 2.75) is 0 Å². The molecule has 3 aromatic heterocycles. The van der Waals surface area contributed by atoms with E-state index in [4.69, 9.17) is 5.73 Å². The maximum absolute atomic E-state index is 5.99. The first kappa shape index (κ1) is 11.4. The number of fused-ring (bicyclic) bond motifs is 2. The van der Waals surface area contributed by atoms with Crippen molar-refractivity contribution in [3.05, 3.63) is 41.4 Å². The van der Waals surface area contributed by atoms with Crippen LogP contribution in [0.4, 0.5) is 5.69 Å². The maximum atomic E-state index is 5.99. The van der Waals surface area contributed by atoms with Gasteiger partial charge in [-0.3, -0.25) is 4.98 Å². The van der Waals surface area contributed by atoms with Crippen LogP contribution in [0.1, 0.15) is 0 Å². The number of nitrogens with two attached hydrogens (primary N) is 1. The monoisotopic (exact) mass is 328 g/mol. The Labute approximate surface area is 121 Å². The minimum Gasteiger partial charge on any atom is -0.397 e. The van der Waals surface area contributed by atoms with E-state index in [1.807, 2.05) is 12.1 Å². The maximum Gasteiger partial charge on any atom is 0.142 e. The summed E-state index contributed by atoms with van der Waals surface area (Å²) in [5.74, 6) is 0.729. The molecule has 4 rings (SSSR count). The van der Waals surface area contributed by atoms with Crippen molar-refractivity contribution >= 4 is 38.2 Å². The van der Waals surface area contributed by atoms with E-state index in [1.165, 1.54) is 0 Å². The average molecular weight is 329 g/mol. The number of anilines is 1. The number of nitrogen functional groups attached to an aromatic ring is 1. The predicted molar refractivity (Wildman–Crippen MR) is 80.2 cm³/mol. The summed E-state index contributed by atoms with van der Waals surface area (Å²) in [5, 5.41) is 4.28. The average Bonchev–Trinajstić information content (AvgIpc) is 3.01. The molecule has 1 aromatic carbocycles. The number of rotatable bonds is 1. The van der Waals surface area contributed by atoms with E-state index in [0.717, 1.165) is 32.4 Å². The molecule has 0 saturated carbocycles. The largest absolute Gasteiger partial charge is 0.397 e. The number of hydrogen-bond donors (Lipinski definition) is 2. The molecule has 3 N–H and O–H groups in total. The molecule has 3 heterocycles. The van der Waals surface area contributed by atoms with Gasteiger partial charge in [-0.2, -0.15) is 5.10 Å². The van der Waals surface area contributed by atoms with E-state index in [0.29, 0.717) is 5.69 Å². The van der Waals surface area contributed by atoms with Crippen LogP contribution in [0.15, 0.2) is 41.4 Å². The molecule has 0 aliphatic carbocycles. The lowest BCUT2D eigenvalue weighted by Crippen LogP contribution is -1.87. The third kappa shape index (κ3) is 1.60. The number of nitrogens with zero attached hydrogens (tertiary/aromatic N) is 4. The SMILES string of the molecule is Nc1cc(Br)cc2[nH]c(-c3cnn4ccncc34)nc12. The van der Waals surface area contributed by atoms with Crippen molar-refractivity contribution < 1.29 is 0 Å². The van der Waals surface area contributed by atoms with Crippen LogP contribution in [0.25, 0.3) is 27.9 Å². The van der Waals surface area contributed by atoms with Gasteiger partial charge in [0.1, 0.15) is 11.3 Å². The summed E-state index contributed by atoms with van der Waals surface area (Å²) >= 11 is 3.43. The number of aromatic amines is 1. The fourth-order valence-corrected chi connectivity index (χ4v) is 2.73. The van der Waals surface area contributed by atoms with Crippen molar-refractivity contribution in [3.8, 4) is 11.4 Å². The number of aromatic nitrogens is 5. The van der Waals surface area contributed by atoms with Crippen LogP contribution < -0.4 is 5.73 Å². The van der Waals surface area contributed by atoms with E-state index >= 15 is 0 Å². The Balaban J connectivity index is 2.01. The van der Waals surface area contributed by atoms with Crippen LogP contribution in [0.5, 0.6) is 0 Å². The molecule has 0 amide bonds. The number of nitrogens with one attached hydrogen (secondary N) is 1. The molecule has 0 spiro atoms. The Bertz CT molecular complexity index is 938. The van der Waals surface area contributed by atoms with Crippen LogP contribution in [0.3, 0.4) is 0 Å². The van der Waals surface area contributed by atoms with Gasteiger partial charge in [0.25, 0.3) is 0 Å². The van der Waals surface area contributed by atoms with Gasteiger partial charge in [0, 0.05) is 16.9 Å². The molecule has 0 bridgehead atoms. The first-order valence-electron chi connectivity index (χ1n) is 5.95. The first-order chi connectivity index (χ1) is 9.72. The topological polar surface area (TPSA) is 84.9 Å². The lowest BCUT2D eigenvalue weighted by molar-refractivity contribution is 0.946. The molecule has 98 valence electrons. The Hall–Kier alpha value is -2.41. The third-order valence-electron chi connectivity index (χ3n) is 3.16. The first-order valence-corrected chi connectivity index (χ1v) is 6.74. The summed E-state index contributed by atoms with van der Waals surface area (Å²) in [7, 11) is 0. The summed E-state index contributed by atoms with van der Waals surface area (Å²) in [4.78, 5) is 12.0. The normalized spacial score (nSPS) is 11.4. The highest BCUT2D eigenvalue weighted by Crippen LogP contribution is 2.29. The van der Waals surface area contributed by atoms with Crippen molar-refractivity contribution in [2.24, 2.45) is 0 Å². The molecule has 0 saturated heterocycles. The van der Waals surface area contributed by atoms with E-state index < -0.39 is 0 Å². The summed E-state index contributed by atoms with van der Waals surface area (Å²) < 4.78 is 2.67. The second kappa shape index (κ2) is 4.04. The Morgan fingerprint density at radius 2 is 2.15 bits per heavy atom. The van der Waals surface area contributed by atoms with E-state index in [9.17, 15) is 0 Å². The second-order valence-electron chi connectivity index (χ2n) is 4.44. The minimum atomic E-state index is 0.631. The molecule has 0 fully saturated rings. The number of benzene rings is 1. The van der Waals surface area contributed by atoms with Gasteiger partial charge in [-0.15, -0.1) is 0 Å². The van der Waals surface area contributed by atoms with Crippen LogP contribution in [-0.2, 0) is 0 Å². The highest BCUT2D eigenvalue weighted by Gasteiger charge is 2.12. The predicted octanol–water partition coefficient (Wildman–Crippen LogP) is 2.62. The standard InChI is InChI=1S/C13H9BrN6/c14-7-3-9(15)12-10(4-7)18-13(19-12)8-5-17-20-2-1-16-6-11(8)20/h1-6H,15H2,(H,18,19). The lowest BCUT2D eigenvalue weighted by Gasteiger charge is -1.94. The number of hydrogen-bond acceptors (Lipinski definition) is 4. The van der Waals surface area contributed by atoms with Gasteiger partial charge in [0.15, 0.2) is 0 Å². The van der Waals surface area contributed by atoms with Crippen molar-refractivity contribution in [3.63, 3.8) is 0 Å². The molecule has 7 heteroatoms. The molecule has 0 radical (unpaired) electrons. The zero-order chi connectivity index (χ0) is 13.7. The second-order valence-corrected chi connectivity index (χ2v) is 5.36. The van der Waals surface area contributed by atoms with Gasteiger partial charge < -0.3 is 10.7 Å². The Morgan fingerprint density at radius 1 is 1.25 bits per heavy atom. The van der Waals surface area contributed by atoms with E-state index in [-0.39, 0.29) is 0 Å². The zero-order valence-corrected chi connectivity index (χ0v) is 11.8. The lowest BCUT2D eigenvalue weighted by atomic mass is 10.3. The summed E-state index contributed by atoms with van der Waals surface area (Å²) in [6, 6.07) is 3.79. The highest BCUT2D eigenvalue weighted by atomic mass is 79.9. The van der Waals surface area contributed by atoms with Crippen molar-refractivity contribution in [1.82, 2.24) is 24.6 Å². The molecule has 0 atom stereocenters. The van der Waals surface area contributed by atoms with Crippen molar-refractivity contribution in [2.75, 3.05) is 5.73 Å².